The molecule has 5 rings (SSSR count). The second-order valence-corrected chi connectivity index (χ2v) is 9.08. The molecule has 7 heteroatoms. The van der Waals surface area contributed by atoms with Gasteiger partial charge in [-0.25, -0.2) is 4.79 Å². The topological polar surface area (TPSA) is 72.1 Å². The molecule has 7 nitrogen and oxygen atoms in total. The molecule has 0 bridgehead atoms. The largest absolute Gasteiger partial charge is 0.493 e. The number of hydrogen-bond donors (Lipinski definition) is 0. The highest BCUT2D eigenvalue weighted by atomic mass is 16.5. The van der Waals surface area contributed by atoms with E-state index in [1.165, 1.54) is 0 Å². The first-order chi connectivity index (χ1) is 16.3. The third kappa shape index (κ3) is 3.56. The van der Waals surface area contributed by atoms with Gasteiger partial charge in [0.25, 0.3) is 0 Å². The Morgan fingerprint density at radius 2 is 1.47 bits per heavy atom. The van der Waals surface area contributed by atoms with Crippen molar-refractivity contribution in [3.63, 3.8) is 0 Å². The van der Waals surface area contributed by atoms with Gasteiger partial charge >= 0.3 is 5.63 Å². The van der Waals surface area contributed by atoms with Gasteiger partial charge in [0.05, 0.1) is 26.4 Å². The minimum atomic E-state index is -0.371. The van der Waals surface area contributed by atoms with E-state index >= 15 is 0 Å². The second kappa shape index (κ2) is 8.31. The maximum absolute atomic E-state index is 13.1. The zero-order valence-electron chi connectivity index (χ0n) is 20.4. The first kappa shape index (κ1) is 22.2. The molecule has 0 unspecified atom stereocenters. The van der Waals surface area contributed by atoms with E-state index in [1.54, 1.807) is 20.3 Å². The van der Waals surface area contributed by atoms with Crippen LogP contribution in [0.3, 0.4) is 0 Å². The fourth-order valence-corrected chi connectivity index (χ4v) is 4.70. The van der Waals surface area contributed by atoms with E-state index in [9.17, 15) is 4.79 Å². The molecule has 0 saturated carbocycles. The predicted molar refractivity (Wildman–Crippen MR) is 132 cm³/mol. The first-order valence-corrected chi connectivity index (χ1v) is 11.5. The molecule has 3 heterocycles. The van der Waals surface area contributed by atoms with Crippen LogP contribution in [-0.2, 0) is 13.0 Å². The van der Waals surface area contributed by atoms with Crippen molar-refractivity contribution in [2.45, 2.75) is 52.9 Å². The summed E-state index contributed by atoms with van der Waals surface area (Å²) in [6, 6.07) is 9.71. The number of methoxy groups -OCH3 is 2. The number of aryl methyl sites for hydroxylation is 2. The van der Waals surface area contributed by atoms with Crippen molar-refractivity contribution in [1.29, 1.82) is 0 Å². The number of hydrogen-bond acceptors (Lipinski definition) is 6. The van der Waals surface area contributed by atoms with Crippen LogP contribution in [0, 0.1) is 0 Å². The van der Waals surface area contributed by atoms with Crippen LogP contribution >= 0.6 is 0 Å². The SMILES string of the molecule is COc1cc2c(cc1OC(C)C)CCn1c-2cc2c3cc(OC)c(OC(C)C)cc3oc(=O)c21. The Labute approximate surface area is 197 Å². The minimum absolute atomic E-state index is 0.0394. The molecule has 178 valence electrons. The van der Waals surface area contributed by atoms with E-state index in [2.05, 4.69) is 12.1 Å². The van der Waals surface area contributed by atoms with Crippen LogP contribution < -0.4 is 24.6 Å². The molecule has 0 atom stereocenters. The van der Waals surface area contributed by atoms with Crippen LogP contribution in [-0.4, -0.2) is 31.0 Å². The van der Waals surface area contributed by atoms with E-state index in [0.717, 1.165) is 39.8 Å². The zero-order valence-corrected chi connectivity index (χ0v) is 20.4. The molecule has 4 aromatic rings. The lowest BCUT2D eigenvalue weighted by molar-refractivity contribution is 0.230. The van der Waals surface area contributed by atoms with Gasteiger partial charge in [-0.1, -0.05) is 0 Å². The lowest BCUT2D eigenvalue weighted by Crippen LogP contribution is -2.15. The van der Waals surface area contributed by atoms with E-state index < -0.39 is 0 Å². The van der Waals surface area contributed by atoms with E-state index in [-0.39, 0.29) is 17.8 Å². The van der Waals surface area contributed by atoms with Crippen molar-refractivity contribution in [2.75, 3.05) is 14.2 Å². The molecular weight excluding hydrogens is 434 g/mol. The van der Waals surface area contributed by atoms with Crippen molar-refractivity contribution in [3.05, 3.63) is 46.3 Å². The normalized spacial score (nSPS) is 12.8. The Morgan fingerprint density at radius 3 is 2.12 bits per heavy atom. The van der Waals surface area contributed by atoms with Crippen molar-refractivity contribution in [3.8, 4) is 34.3 Å². The summed E-state index contributed by atoms with van der Waals surface area (Å²) >= 11 is 0. The molecule has 0 N–H and O–H groups in total. The van der Waals surface area contributed by atoms with E-state index in [1.807, 2.05) is 44.4 Å². The van der Waals surface area contributed by atoms with Gasteiger partial charge in [0.2, 0.25) is 0 Å². The molecule has 34 heavy (non-hydrogen) atoms. The zero-order chi connectivity index (χ0) is 24.1. The van der Waals surface area contributed by atoms with Crippen LogP contribution in [0.15, 0.2) is 39.5 Å². The molecular formula is C27H29NO6. The van der Waals surface area contributed by atoms with Gasteiger partial charge < -0.3 is 27.9 Å². The molecule has 0 spiro atoms. The van der Waals surface area contributed by atoms with E-state index in [4.69, 9.17) is 23.4 Å². The van der Waals surface area contributed by atoms with Gasteiger partial charge in [0.1, 0.15) is 11.1 Å². The Hall–Kier alpha value is -3.61. The number of rotatable bonds is 6. The molecule has 1 aliphatic heterocycles. The van der Waals surface area contributed by atoms with Crippen molar-refractivity contribution in [2.24, 2.45) is 0 Å². The fraction of sp³-hybridized carbons (Fsp3) is 0.370. The van der Waals surface area contributed by atoms with Crippen molar-refractivity contribution >= 4 is 21.9 Å². The van der Waals surface area contributed by atoms with Gasteiger partial charge in [-0.2, -0.15) is 0 Å². The minimum Gasteiger partial charge on any atom is -0.493 e. The number of nitrogens with zero attached hydrogens (tertiary/aromatic N) is 1. The number of ether oxygens (including phenoxy) is 4. The summed E-state index contributed by atoms with van der Waals surface area (Å²) in [6.45, 7) is 8.53. The van der Waals surface area contributed by atoms with Gasteiger partial charge in [-0.3, -0.25) is 0 Å². The van der Waals surface area contributed by atoms with Gasteiger partial charge in [-0.05, 0) is 63.9 Å². The van der Waals surface area contributed by atoms with Gasteiger partial charge in [-0.15, -0.1) is 0 Å². The second-order valence-electron chi connectivity index (χ2n) is 9.08. The highest BCUT2D eigenvalue weighted by Gasteiger charge is 2.25. The summed E-state index contributed by atoms with van der Waals surface area (Å²) in [4.78, 5) is 13.1. The maximum atomic E-state index is 13.1. The highest BCUT2D eigenvalue weighted by Crippen LogP contribution is 2.43. The van der Waals surface area contributed by atoms with E-state index in [0.29, 0.717) is 34.9 Å². The van der Waals surface area contributed by atoms with Crippen LogP contribution in [0.2, 0.25) is 0 Å². The summed E-state index contributed by atoms with van der Waals surface area (Å²) < 4.78 is 30.8. The van der Waals surface area contributed by atoms with Gasteiger partial charge in [0.15, 0.2) is 23.0 Å². The summed E-state index contributed by atoms with van der Waals surface area (Å²) in [6.07, 6.45) is 0.768. The molecule has 0 radical (unpaired) electrons. The lowest BCUT2D eigenvalue weighted by Gasteiger charge is -2.23. The molecule has 1 aliphatic rings. The molecule has 0 aliphatic carbocycles. The van der Waals surface area contributed by atoms with Crippen molar-refractivity contribution < 1.29 is 23.4 Å². The lowest BCUT2D eigenvalue weighted by atomic mass is 9.97. The number of fused-ring (bicyclic) bond motifs is 7. The third-order valence-corrected chi connectivity index (χ3v) is 6.04. The van der Waals surface area contributed by atoms with Crippen LogP contribution in [0.5, 0.6) is 23.0 Å². The van der Waals surface area contributed by atoms with Crippen molar-refractivity contribution in [1.82, 2.24) is 4.57 Å². The molecule has 2 aromatic heterocycles. The summed E-state index contributed by atoms with van der Waals surface area (Å²) in [5.41, 5.74) is 3.78. The Bertz CT molecular complexity index is 1460. The standard InChI is InChI=1S/C27H29NO6/c1-14(2)32-24-9-16-7-8-28-20(17(16)11-22(24)30-5)10-19-18-12-23(31-6)25(33-15(3)4)13-21(18)34-27(29)26(19)28/h9-15H,7-8H2,1-6H3. The Morgan fingerprint density at radius 1 is 0.824 bits per heavy atom. The summed E-state index contributed by atoms with van der Waals surface area (Å²) in [5.74, 6) is 2.54. The summed E-state index contributed by atoms with van der Waals surface area (Å²) in [7, 11) is 3.24. The highest BCUT2D eigenvalue weighted by molar-refractivity contribution is 6.07. The average Bonchev–Trinajstić information content (AvgIpc) is 3.18. The Kier molecular flexibility index (Phi) is 5.42. The van der Waals surface area contributed by atoms with Crippen LogP contribution in [0.4, 0.5) is 0 Å². The summed E-state index contributed by atoms with van der Waals surface area (Å²) in [5, 5.41) is 1.63. The van der Waals surface area contributed by atoms with Crippen LogP contribution in [0.1, 0.15) is 33.3 Å². The maximum Gasteiger partial charge on any atom is 0.361 e. The molecule has 0 amide bonds. The Balaban J connectivity index is 1.75. The van der Waals surface area contributed by atoms with Gasteiger partial charge in [0, 0.05) is 34.6 Å². The predicted octanol–water partition coefficient (Wildman–Crippen LogP) is 5.56. The third-order valence-electron chi connectivity index (χ3n) is 6.04. The first-order valence-electron chi connectivity index (χ1n) is 11.5. The fourth-order valence-electron chi connectivity index (χ4n) is 4.70. The number of benzene rings is 2. The molecule has 0 saturated heterocycles. The monoisotopic (exact) mass is 463 g/mol. The quantitative estimate of drug-likeness (QED) is 0.349. The smallest absolute Gasteiger partial charge is 0.361 e. The average molecular weight is 464 g/mol. The molecule has 0 fully saturated rings. The molecule has 2 aromatic carbocycles. The number of aromatic nitrogens is 1. The van der Waals surface area contributed by atoms with Crippen LogP contribution in [0.25, 0.3) is 33.1 Å².